The Labute approximate surface area is 177 Å². The molecule has 0 amide bonds. The highest BCUT2D eigenvalue weighted by atomic mass is 35.5. The number of anilines is 1. The zero-order chi connectivity index (χ0) is 20.6. The van der Waals surface area contributed by atoms with E-state index < -0.39 is 11.4 Å². The number of nitrogens with one attached hydrogen (secondary N) is 1. The Morgan fingerprint density at radius 1 is 1.14 bits per heavy atom. The first kappa shape index (κ1) is 20.0. The lowest BCUT2D eigenvalue weighted by Crippen LogP contribution is -2.54. The molecule has 0 bridgehead atoms. The summed E-state index contributed by atoms with van der Waals surface area (Å²) in [5.74, 6) is -0.00804. The zero-order valence-corrected chi connectivity index (χ0v) is 17.1. The van der Waals surface area contributed by atoms with Crippen LogP contribution in [0.4, 0.5) is 10.1 Å². The van der Waals surface area contributed by atoms with Gasteiger partial charge in [-0.3, -0.25) is 4.79 Å². The summed E-state index contributed by atoms with van der Waals surface area (Å²) in [6.45, 7) is 1.76. The summed E-state index contributed by atoms with van der Waals surface area (Å²) < 4.78 is 20.0. The van der Waals surface area contributed by atoms with Crippen molar-refractivity contribution in [2.45, 2.75) is 18.4 Å². The fourth-order valence-electron chi connectivity index (χ4n) is 3.61. The van der Waals surface area contributed by atoms with Gasteiger partial charge in [0.2, 0.25) is 5.56 Å². The van der Waals surface area contributed by atoms with Gasteiger partial charge in [0, 0.05) is 29.6 Å². The van der Waals surface area contributed by atoms with Gasteiger partial charge >= 0.3 is 0 Å². The lowest BCUT2D eigenvalue weighted by Gasteiger charge is -2.40. The molecule has 1 saturated heterocycles. The average molecular weight is 436 g/mol. The number of halogens is 3. The number of piperidine rings is 1. The number of hydrogen-bond donors (Lipinski definition) is 2. The molecule has 0 aliphatic carbocycles. The molecule has 3 N–H and O–H groups in total. The molecule has 1 aromatic heterocycles. The normalized spacial score (nSPS) is 16.2. The van der Waals surface area contributed by atoms with Gasteiger partial charge in [0.25, 0.3) is 0 Å². The molecule has 1 fully saturated rings. The predicted molar refractivity (Wildman–Crippen MR) is 115 cm³/mol. The maximum atomic E-state index is 14.0. The molecular weight excluding hydrogens is 416 g/mol. The van der Waals surface area contributed by atoms with Crippen molar-refractivity contribution >= 4 is 39.8 Å². The first-order valence-corrected chi connectivity index (χ1v) is 10.0. The number of aromatic amines is 1. The van der Waals surface area contributed by atoms with Crippen molar-refractivity contribution in [1.82, 2.24) is 4.98 Å². The molecule has 29 heavy (non-hydrogen) atoms. The van der Waals surface area contributed by atoms with E-state index in [1.165, 1.54) is 12.1 Å². The number of fused-ring (bicyclic) bond motifs is 1. The second kappa shape index (κ2) is 7.86. The second-order valence-corrected chi connectivity index (χ2v) is 8.23. The van der Waals surface area contributed by atoms with Crippen molar-refractivity contribution < 1.29 is 9.13 Å². The van der Waals surface area contributed by atoms with E-state index in [-0.39, 0.29) is 17.7 Å². The topological polar surface area (TPSA) is 71.3 Å². The van der Waals surface area contributed by atoms with E-state index in [4.69, 9.17) is 33.7 Å². The number of H-pyrrole nitrogens is 1. The number of pyridine rings is 1. The molecule has 4 rings (SSSR count). The quantitative estimate of drug-likeness (QED) is 0.638. The fraction of sp³-hybridized carbons (Fsp3) is 0.286. The van der Waals surface area contributed by atoms with Gasteiger partial charge in [0.1, 0.15) is 18.2 Å². The van der Waals surface area contributed by atoms with Crippen LogP contribution in [0, 0.1) is 5.82 Å². The minimum atomic E-state index is -0.516. The molecule has 0 saturated carbocycles. The molecule has 2 aromatic carbocycles. The van der Waals surface area contributed by atoms with E-state index in [0.29, 0.717) is 34.0 Å². The Morgan fingerprint density at radius 3 is 2.62 bits per heavy atom. The molecule has 2 heterocycles. The van der Waals surface area contributed by atoms with Crippen LogP contribution in [0.15, 0.2) is 47.3 Å². The summed E-state index contributed by atoms with van der Waals surface area (Å²) in [5.41, 5.74) is 6.76. The summed E-state index contributed by atoms with van der Waals surface area (Å²) in [6.07, 6.45) is 1.42. The number of aromatic nitrogens is 1. The molecule has 0 spiro atoms. The van der Waals surface area contributed by atoms with Crippen molar-refractivity contribution in [3.05, 3.63) is 68.7 Å². The van der Waals surface area contributed by atoms with Crippen LogP contribution in [-0.2, 0) is 0 Å². The minimum absolute atomic E-state index is 0.133. The largest absolute Gasteiger partial charge is 0.491 e. The number of nitrogens with zero attached hydrogens (tertiary/aromatic N) is 1. The molecule has 0 atom stereocenters. The highest BCUT2D eigenvalue weighted by Gasteiger charge is 2.32. The van der Waals surface area contributed by atoms with Gasteiger partial charge in [-0.1, -0.05) is 23.2 Å². The molecule has 0 unspecified atom stereocenters. The van der Waals surface area contributed by atoms with Gasteiger partial charge in [-0.05, 0) is 49.2 Å². The van der Waals surface area contributed by atoms with Crippen LogP contribution in [0.1, 0.15) is 12.8 Å². The number of hydrogen-bond acceptors (Lipinski definition) is 4. The van der Waals surface area contributed by atoms with Crippen molar-refractivity contribution in [3.63, 3.8) is 0 Å². The van der Waals surface area contributed by atoms with E-state index in [9.17, 15) is 9.18 Å². The zero-order valence-electron chi connectivity index (χ0n) is 15.6. The van der Waals surface area contributed by atoms with Crippen LogP contribution in [-0.4, -0.2) is 30.2 Å². The van der Waals surface area contributed by atoms with E-state index in [0.717, 1.165) is 18.8 Å². The maximum Gasteiger partial charge on any atom is 0.248 e. The fourth-order valence-corrected chi connectivity index (χ4v) is 4.14. The summed E-state index contributed by atoms with van der Waals surface area (Å²) in [4.78, 5) is 16.2. The predicted octanol–water partition coefficient (Wildman–Crippen LogP) is 4.35. The second-order valence-electron chi connectivity index (χ2n) is 7.39. The van der Waals surface area contributed by atoms with Crippen molar-refractivity contribution in [2.75, 3.05) is 24.6 Å². The Balaban J connectivity index is 1.45. The van der Waals surface area contributed by atoms with Gasteiger partial charge in [0.15, 0.2) is 0 Å². The summed E-state index contributed by atoms with van der Waals surface area (Å²) in [7, 11) is 0. The Morgan fingerprint density at radius 2 is 1.90 bits per heavy atom. The number of nitrogens with two attached hydrogens (primary N) is 1. The van der Waals surface area contributed by atoms with Gasteiger partial charge in [-0.25, -0.2) is 4.39 Å². The number of benzene rings is 2. The Bertz CT molecular complexity index is 1110. The van der Waals surface area contributed by atoms with Gasteiger partial charge in [-0.15, -0.1) is 0 Å². The SMILES string of the molecule is NC1(COc2ccc(F)c3[nH]c(=O)ccc23)CCN(c2ccc(Cl)cc2Cl)CC1. The maximum absolute atomic E-state index is 14.0. The molecule has 1 aliphatic heterocycles. The molecule has 152 valence electrons. The summed E-state index contributed by atoms with van der Waals surface area (Å²) >= 11 is 12.3. The Hall–Kier alpha value is -2.28. The van der Waals surface area contributed by atoms with Crippen LogP contribution in [0.2, 0.25) is 10.0 Å². The summed E-state index contributed by atoms with van der Waals surface area (Å²) in [5, 5.41) is 1.73. The van der Waals surface area contributed by atoms with Gasteiger partial charge in [-0.2, -0.15) is 0 Å². The number of ether oxygens (including phenoxy) is 1. The smallest absolute Gasteiger partial charge is 0.248 e. The third kappa shape index (κ3) is 4.20. The van der Waals surface area contributed by atoms with Crippen molar-refractivity contribution in [2.24, 2.45) is 5.73 Å². The van der Waals surface area contributed by atoms with Crippen molar-refractivity contribution in [1.29, 1.82) is 0 Å². The molecule has 8 heteroatoms. The lowest BCUT2D eigenvalue weighted by molar-refractivity contribution is 0.190. The lowest BCUT2D eigenvalue weighted by atomic mass is 9.89. The van der Waals surface area contributed by atoms with Crippen molar-refractivity contribution in [3.8, 4) is 5.75 Å². The average Bonchev–Trinajstić information content (AvgIpc) is 2.69. The molecule has 3 aromatic rings. The van der Waals surface area contributed by atoms with Crippen LogP contribution in [0.3, 0.4) is 0 Å². The van der Waals surface area contributed by atoms with E-state index in [2.05, 4.69) is 9.88 Å². The first-order valence-electron chi connectivity index (χ1n) is 9.28. The van der Waals surface area contributed by atoms with Crippen LogP contribution in [0.5, 0.6) is 5.75 Å². The van der Waals surface area contributed by atoms with Gasteiger partial charge in [0.05, 0.1) is 21.8 Å². The highest BCUT2D eigenvalue weighted by molar-refractivity contribution is 6.36. The minimum Gasteiger partial charge on any atom is -0.491 e. The third-order valence-corrected chi connectivity index (χ3v) is 5.87. The van der Waals surface area contributed by atoms with E-state index >= 15 is 0 Å². The van der Waals surface area contributed by atoms with E-state index in [1.807, 2.05) is 12.1 Å². The highest BCUT2D eigenvalue weighted by Crippen LogP contribution is 2.33. The van der Waals surface area contributed by atoms with Gasteiger partial charge < -0.3 is 20.4 Å². The van der Waals surface area contributed by atoms with Crippen LogP contribution < -0.4 is 20.9 Å². The monoisotopic (exact) mass is 435 g/mol. The molecule has 5 nitrogen and oxygen atoms in total. The van der Waals surface area contributed by atoms with E-state index in [1.54, 1.807) is 18.2 Å². The third-order valence-electron chi connectivity index (χ3n) is 5.33. The molecular formula is C21H20Cl2FN3O2. The standard InChI is InChI=1S/C21H20Cl2FN3O2/c22-13-1-4-17(15(23)11-13)27-9-7-21(25,8-10-27)12-29-18-5-3-16(24)20-14(18)2-6-19(28)26-20/h1-6,11H,7-10,12,25H2,(H,26,28). The Kier molecular flexibility index (Phi) is 5.42. The number of rotatable bonds is 4. The summed E-state index contributed by atoms with van der Waals surface area (Å²) in [6, 6.07) is 11.2. The molecule has 0 radical (unpaired) electrons. The van der Waals surface area contributed by atoms with Crippen LogP contribution in [0.25, 0.3) is 10.9 Å². The first-order chi connectivity index (χ1) is 13.8. The molecule has 1 aliphatic rings. The van der Waals surface area contributed by atoms with Crippen LogP contribution >= 0.6 is 23.2 Å².